The van der Waals surface area contributed by atoms with E-state index in [1.165, 1.54) is 7.11 Å². The molecule has 0 saturated carbocycles. The predicted molar refractivity (Wildman–Crippen MR) is 67.1 cm³/mol. The lowest BCUT2D eigenvalue weighted by molar-refractivity contribution is -0.137. The van der Waals surface area contributed by atoms with Crippen molar-refractivity contribution in [3.8, 4) is 5.75 Å². The van der Waals surface area contributed by atoms with E-state index in [1.54, 1.807) is 6.07 Å². The number of benzene rings is 1. The van der Waals surface area contributed by atoms with Crippen molar-refractivity contribution in [1.29, 1.82) is 0 Å². The Morgan fingerprint density at radius 1 is 1.28 bits per heavy atom. The Morgan fingerprint density at radius 2 is 1.89 bits per heavy atom. The molecule has 1 rings (SSSR count). The Hall–Kier alpha value is -0.940. The largest absolute Gasteiger partial charge is 0.497 e. The minimum atomic E-state index is -4.38. The van der Waals surface area contributed by atoms with Crippen molar-refractivity contribution in [2.75, 3.05) is 7.11 Å². The first-order valence-corrected chi connectivity index (χ1v) is 5.40. The van der Waals surface area contributed by atoms with Gasteiger partial charge in [-0.1, -0.05) is 13.3 Å². The first-order chi connectivity index (χ1) is 7.88. The van der Waals surface area contributed by atoms with Crippen molar-refractivity contribution in [3.63, 3.8) is 0 Å². The summed E-state index contributed by atoms with van der Waals surface area (Å²) in [4.78, 5) is 0. The molecule has 0 unspecified atom stereocenters. The number of halogens is 4. The van der Waals surface area contributed by atoms with Crippen molar-refractivity contribution in [2.45, 2.75) is 32.0 Å². The van der Waals surface area contributed by atoms with Gasteiger partial charge in [-0.3, -0.25) is 0 Å². The zero-order chi connectivity index (χ0) is 13.1. The third kappa shape index (κ3) is 4.38. The third-order valence-electron chi connectivity index (χ3n) is 2.52. The maximum Gasteiger partial charge on any atom is 0.416 e. The number of rotatable bonds is 4. The smallest absolute Gasteiger partial charge is 0.416 e. The molecule has 1 atom stereocenters. The lowest BCUT2D eigenvalue weighted by Gasteiger charge is -2.15. The van der Waals surface area contributed by atoms with Gasteiger partial charge >= 0.3 is 6.18 Å². The molecule has 0 aliphatic rings. The van der Waals surface area contributed by atoms with Gasteiger partial charge < -0.3 is 10.5 Å². The molecule has 0 aromatic heterocycles. The van der Waals surface area contributed by atoms with Gasteiger partial charge in [0, 0.05) is 6.04 Å². The molecule has 0 radical (unpaired) electrons. The van der Waals surface area contributed by atoms with Crippen LogP contribution in [0.4, 0.5) is 13.2 Å². The summed E-state index contributed by atoms with van der Waals surface area (Å²) in [5.41, 5.74) is 5.55. The Labute approximate surface area is 111 Å². The topological polar surface area (TPSA) is 35.2 Å². The molecule has 0 fully saturated rings. The lowest BCUT2D eigenvalue weighted by atomic mass is 10.0. The van der Waals surface area contributed by atoms with E-state index in [2.05, 4.69) is 0 Å². The molecule has 1 aromatic rings. The molecule has 0 aliphatic heterocycles. The van der Waals surface area contributed by atoms with Gasteiger partial charge in [0.15, 0.2) is 0 Å². The van der Waals surface area contributed by atoms with E-state index in [0.717, 1.165) is 18.6 Å². The quantitative estimate of drug-likeness (QED) is 0.908. The van der Waals surface area contributed by atoms with Crippen molar-refractivity contribution in [2.24, 2.45) is 5.73 Å². The van der Waals surface area contributed by atoms with Crippen LogP contribution in [0.5, 0.6) is 5.75 Å². The summed E-state index contributed by atoms with van der Waals surface area (Å²) < 4.78 is 42.8. The normalized spacial score (nSPS) is 12.8. The molecule has 0 amide bonds. The molecule has 0 bridgehead atoms. The second-order valence-corrected chi connectivity index (χ2v) is 3.89. The van der Waals surface area contributed by atoms with E-state index in [0.29, 0.717) is 12.0 Å². The van der Waals surface area contributed by atoms with E-state index in [-0.39, 0.29) is 18.2 Å². The Morgan fingerprint density at radius 3 is 2.33 bits per heavy atom. The highest BCUT2D eigenvalue weighted by Crippen LogP contribution is 2.34. The Kier molecular flexibility index (Phi) is 6.49. The second kappa shape index (κ2) is 6.85. The van der Waals surface area contributed by atoms with Crippen LogP contribution < -0.4 is 10.5 Å². The zero-order valence-electron chi connectivity index (χ0n) is 10.3. The molecule has 0 heterocycles. The van der Waals surface area contributed by atoms with Crippen LogP contribution in [-0.4, -0.2) is 7.11 Å². The standard InChI is InChI=1S/C12H16F3NO.ClH/c1-3-4-11(16)8-5-9(12(13,14)15)7-10(6-8)17-2;/h5-7,11H,3-4,16H2,1-2H3;1H/t11-;/m1./s1. The fraction of sp³-hybridized carbons (Fsp3) is 0.500. The minimum Gasteiger partial charge on any atom is -0.497 e. The van der Waals surface area contributed by atoms with Gasteiger partial charge in [0.05, 0.1) is 12.7 Å². The highest BCUT2D eigenvalue weighted by atomic mass is 35.5. The highest BCUT2D eigenvalue weighted by Gasteiger charge is 2.31. The SMILES string of the molecule is CCC[C@@H](N)c1cc(OC)cc(C(F)(F)F)c1.Cl. The number of hydrogen-bond acceptors (Lipinski definition) is 2. The van der Waals surface area contributed by atoms with Gasteiger partial charge in [-0.25, -0.2) is 0 Å². The number of methoxy groups -OCH3 is 1. The third-order valence-corrected chi connectivity index (χ3v) is 2.52. The molecule has 0 saturated heterocycles. The van der Waals surface area contributed by atoms with Crippen LogP contribution in [0.1, 0.15) is 36.9 Å². The van der Waals surface area contributed by atoms with Gasteiger partial charge in [-0.2, -0.15) is 13.2 Å². The summed E-state index contributed by atoms with van der Waals surface area (Å²) in [6, 6.07) is 3.22. The first kappa shape index (κ1) is 17.1. The minimum absolute atomic E-state index is 0. The number of nitrogens with two attached hydrogens (primary N) is 1. The molecule has 2 nitrogen and oxygen atoms in total. The summed E-state index contributed by atoms with van der Waals surface area (Å²) in [7, 11) is 1.34. The number of ether oxygens (including phenoxy) is 1. The van der Waals surface area contributed by atoms with E-state index in [9.17, 15) is 13.2 Å². The van der Waals surface area contributed by atoms with Crippen LogP contribution in [0.15, 0.2) is 18.2 Å². The number of alkyl halides is 3. The predicted octanol–water partition coefficient (Wildman–Crippen LogP) is 3.94. The molecule has 2 N–H and O–H groups in total. The van der Waals surface area contributed by atoms with Gasteiger partial charge in [0.1, 0.15) is 5.75 Å². The van der Waals surface area contributed by atoms with Crippen molar-refractivity contribution < 1.29 is 17.9 Å². The van der Waals surface area contributed by atoms with E-state index < -0.39 is 17.8 Å². The monoisotopic (exact) mass is 283 g/mol. The van der Waals surface area contributed by atoms with E-state index in [1.807, 2.05) is 6.92 Å². The Balaban J connectivity index is 0.00000289. The van der Waals surface area contributed by atoms with Gasteiger partial charge in [0.2, 0.25) is 0 Å². The van der Waals surface area contributed by atoms with E-state index >= 15 is 0 Å². The fourth-order valence-corrected chi connectivity index (χ4v) is 1.60. The maximum absolute atomic E-state index is 12.6. The highest BCUT2D eigenvalue weighted by molar-refractivity contribution is 5.85. The molecule has 104 valence electrons. The van der Waals surface area contributed by atoms with Crippen LogP contribution in [0.2, 0.25) is 0 Å². The summed E-state index contributed by atoms with van der Waals surface area (Å²) >= 11 is 0. The fourth-order valence-electron chi connectivity index (χ4n) is 1.60. The summed E-state index contributed by atoms with van der Waals surface area (Å²) in [6.07, 6.45) is -2.92. The molecular formula is C12H17ClF3NO. The van der Waals surface area contributed by atoms with Crippen LogP contribution >= 0.6 is 12.4 Å². The molecule has 0 aliphatic carbocycles. The summed E-state index contributed by atoms with van der Waals surface area (Å²) in [5.74, 6) is 0.182. The molecule has 6 heteroatoms. The summed E-state index contributed by atoms with van der Waals surface area (Å²) in [5, 5.41) is 0. The van der Waals surface area contributed by atoms with Crippen molar-refractivity contribution >= 4 is 12.4 Å². The lowest BCUT2D eigenvalue weighted by Crippen LogP contribution is -2.12. The van der Waals surface area contributed by atoms with Gasteiger partial charge in [-0.05, 0) is 30.2 Å². The van der Waals surface area contributed by atoms with Crippen LogP contribution in [0.3, 0.4) is 0 Å². The Bertz CT molecular complexity index is 382. The average Bonchev–Trinajstić information content (AvgIpc) is 2.27. The van der Waals surface area contributed by atoms with Crippen molar-refractivity contribution in [1.82, 2.24) is 0 Å². The van der Waals surface area contributed by atoms with Gasteiger partial charge in [0.25, 0.3) is 0 Å². The van der Waals surface area contributed by atoms with Crippen LogP contribution in [0, 0.1) is 0 Å². The molecular weight excluding hydrogens is 267 g/mol. The van der Waals surface area contributed by atoms with Crippen molar-refractivity contribution in [3.05, 3.63) is 29.3 Å². The second-order valence-electron chi connectivity index (χ2n) is 3.89. The first-order valence-electron chi connectivity index (χ1n) is 5.40. The maximum atomic E-state index is 12.6. The molecule has 1 aromatic carbocycles. The van der Waals surface area contributed by atoms with Gasteiger partial charge in [-0.15, -0.1) is 12.4 Å². The van der Waals surface area contributed by atoms with E-state index in [4.69, 9.17) is 10.5 Å². The zero-order valence-corrected chi connectivity index (χ0v) is 11.1. The summed E-state index contributed by atoms with van der Waals surface area (Å²) in [6.45, 7) is 1.94. The molecule has 18 heavy (non-hydrogen) atoms. The van der Waals surface area contributed by atoms with Crippen LogP contribution in [-0.2, 0) is 6.18 Å². The number of hydrogen-bond donors (Lipinski definition) is 1. The van der Waals surface area contributed by atoms with Crippen LogP contribution in [0.25, 0.3) is 0 Å². The average molecular weight is 284 g/mol. The molecule has 0 spiro atoms.